The van der Waals surface area contributed by atoms with Gasteiger partial charge in [-0.1, -0.05) is 12.8 Å². The molecule has 0 spiro atoms. The van der Waals surface area contributed by atoms with Gasteiger partial charge in [0.2, 0.25) is 0 Å². The van der Waals surface area contributed by atoms with Crippen LogP contribution in [0.3, 0.4) is 0 Å². The van der Waals surface area contributed by atoms with Gasteiger partial charge in [0.15, 0.2) is 23.3 Å². The normalized spacial score (nSPS) is 16.4. The number of halogens is 2. The molecule has 0 aliphatic heterocycles. The van der Waals surface area contributed by atoms with E-state index in [2.05, 4.69) is 15.6 Å². The van der Waals surface area contributed by atoms with Gasteiger partial charge >= 0.3 is 0 Å². The van der Waals surface area contributed by atoms with Gasteiger partial charge in [0, 0.05) is 19.2 Å². The van der Waals surface area contributed by atoms with E-state index in [0.717, 1.165) is 31.7 Å². The van der Waals surface area contributed by atoms with Gasteiger partial charge in [-0.3, -0.25) is 0 Å². The minimum Gasteiger partial charge on any atom is -0.371 e. The third-order valence-electron chi connectivity index (χ3n) is 2.86. The number of hydrogen-bond donors (Lipinski definition) is 2. The predicted octanol–water partition coefficient (Wildman–Crippen LogP) is 2.76. The van der Waals surface area contributed by atoms with E-state index >= 15 is 0 Å². The van der Waals surface area contributed by atoms with Crippen LogP contribution in [-0.2, 0) is 0 Å². The molecule has 2 rings (SSSR count). The number of anilines is 2. The Balaban J connectivity index is 2.18. The van der Waals surface area contributed by atoms with Crippen molar-refractivity contribution in [2.75, 3.05) is 17.7 Å². The zero-order valence-electron chi connectivity index (χ0n) is 9.19. The molecule has 16 heavy (non-hydrogen) atoms. The van der Waals surface area contributed by atoms with E-state index in [1.54, 1.807) is 7.05 Å². The summed E-state index contributed by atoms with van der Waals surface area (Å²) in [4.78, 5) is 3.88. The second kappa shape index (κ2) is 4.63. The Morgan fingerprint density at radius 3 is 2.44 bits per heavy atom. The minimum absolute atomic E-state index is 0.0712. The lowest BCUT2D eigenvalue weighted by molar-refractivity contribution is 0.575. The molecule has 1 fully saturated rings. The molecule has 1 heterocycles. The monoisotopic (exact) mass is 227 g/mol. The van der Waals surface area contributed by atoms with E-state index in [1.807, 2.05) is 0 Å². The van der Waals surface area contributed by atoms with Crippen molar-refractivity contribution < 1.29 is 8.78 Å². The van der Waals surface area contributed by atoms with Gasteiger partial charge in [-0.05, 0) is 12.8 Å². The van der Waals surface area contributed by atoms with Crippen molar-refractivity contribution in [1.82, 2.24) is 4.98 Å². The van der Waals surface area contributed by atoms with E-state index in [-0.39, 0.29) is 17.7 Å². The quantitative estimate of drug-likeness (QED) is 0.833. The Bertz CT molecular complexity index is 376. The smallest absolute Gasteiger partial charge is 0.168 e. The van der Waals surface area contributed by atoms with Crippen molar-refractivity contribution in [2.24, 2.45) is 0 Å². The molecule has 0 unspecified atom stereocenters. The highest BCUT2D eigenvalue weighted by Gasteiger charge is 2.18. The molecular formula is C11H15F2N3. The Kier molecular flexibility index (Phi) is 3.22. The largest absolute Gasteiger partial charge is 0.371 e. The summed E-state index contributed by atoms with van der Waals surface area (Å²) in [6.07, 6.45) is 4.35. The summed E-state index contributed by atoms with van der Waals surface area (Å²) in [5.74, 6) is -1.10. The zero-order valence-corrected chi connectivity index (χ0v) is 9.19. The molecule has 88 valence electrons. The molecule has 0 atom stereocenters. The summed E-state index contributed by atoms with van der Waals surface area (Å²) in [7, 11) is 1.56. The minimum atomic E-state index is -0.669. The van der Waals surface area contributed by atoms with Crippen LogP contribution in [0.4, 0.5) is 20.4 Å². The molecule has 1 saturated carbocycles. The highest BCUT2D eigenvalue weighted by molar-refractivity contribution is 5.47. The first-order valence-corrected chi connectivity index (χ1v) is 5.51. The molecule has 1 aliphatic rings. The van der Waals surface area contributed by atoms with Crippen LogP contribution in [0.25, 0.3) is 0 Å². The van der Waals surface area contributed by atoms with Crippen LogP contribution in [0.15, 0.2) is 6.07 Å². The fraction of sp³-hybridized carbons (Fsp3) is 0.545. The van der Waals surface area contributed by atoms with E-state index in [1.165, 1.54) is 0 Å². The van der Waals surface area contributed by atoms with Crippen molar-refractivity contribution in [3.8, 4) is 0 Å². The maximum Gasteiger partial charge on any atom is 0.168 e. The Morgan fingerprint density at radius 2 is 1.81 bits per heavy atom. The lowest BCUT2D eigenvalue weighted by Gasteiger charge is -2.14. The van der Waals surface area contributed by atoms with E-state index in [4.69, 9.17) is 0 Å². The van der Waals surface area contributed by atoms with Gasteiger partial charge in [0.25, 0.3) is 0 Å². The second-order valence-electron chi connectivity index (χ2n) is 4.02. The summed E-state index contributed by atoms with van der Waals surface area (Å²) < 4.78 is 26.6. The molecule has 1 aliphatic carbocycles. The highest BCUT2D eigenvalue weighted by Crippen LogP contribution is 2.24. The Morgan fingerprint density at radius 1 is 1.19 bits per heavy atom. The molecule has 0 radical (unpaired) electrons. The van der Waals surface area contributed by atoms with Crippen molar-refractivity contribution in [3.05, 3.63) is 17.7 Å². The van der Waals surface area contributed by atoms with E-state index in [9.17, 15) is 8.78 Å². The van der Waals surface area contributed by atoms with Crippen molar-refractivity contribution in [2.45, 2.75) is 31.7 Å². The summed E-state index contributed by atoms with van der Waals surface area (Å²) >= 11 is 0. The van der Waals surface area contributed by atoms with Gasteiger partial charge in [0.05, 0.1) is 0 Å². The van der Waals surface area contributed by atoms with Crippen LogP contribution in [0.2, 0.25) is 0 Å². The molecule has 2 N–H and O–H groups in total. The first-order valence-electron chi connectivity index (χ1n) is 5.51. The van der Waals surface area contributed by atoms with Gasteiger partial charge in [-0.15, -0.1) is 0 Å². The summed E-state index contributed by atoms with van der Waals surface area (Å²) in [6, 6.07) is 1.12. The van der Waals surface area contributed by atoms with Crippen LogP contribution in [0.5, 0.6) is 0 Å². The average Bonchev–Trinajstić information content (AvgIpc) is 2.75. The van der Waals surface area contributed by atoms with Gasteiger partial charge in [-0.2, -0.15) is 0 Å². The van der Waals surface area contributed by atoms with Crippen molar-refractivity contribution in [3.63, 3.8) is 0 Å². The maximum absolute atomic E-state index is 13.4. The average molecular weight is 227 g/mol. The fourth-order valence-electron chi connectivity index (χ4n) is 2.01. The number of nitrogens with zero attached hydrogens (tertiary/aromatic N) is 1. The molecule has 1 aromatic heterocycles. The van der Waals surface area contributed by atoms with Gasteiger partial charge < -0.3 is 10.6 Å². The summed E-state index contributed by atoms with van der Waals surface area (Å²) in [6.45, 7) is 0. The zero-order chi connectivity index (χ0) is 11.5. The van der Waals surface area contributed by atoms with E-state index in [0.29, 0.717) is 0 Å². The maximum atomic E-state index is 13.4. The predicted molar refractivity (Wildman–Crippen MR) is 59.6 cm³/mol. The van der Waals surface area contributed by atoms with Crippen LogP contribution in [-0.4, -0.2) is 18.1 Å². The van der Waals surface area contributed by atoms with Gasteiger partial charge in [-0.25, -0.2) is 13.8 Å². The van der Waals surface area contributed by atoms with Crippen LogP contribution in [0, 0.1) is 11.6 Å². The molecule has 0 amide bonds. The van der Waals surface area contributed by atoms with Gasteiger partial charge in [0.1, 0.15) is 0 Å². The summed E-state index contributed by atoms with van der Waals surface area (Å²) in [5.41, 5.74) is 0. The fourth-order valence-corrected chi connectivity index (χ4v) is 2.01. The topological polar surface area (TPSA) is 37.0 Å². The molecule has 5 heteroatoms. The molecule has 0 bridgehead atoms. The molecule has 3 nitrogen and oxygen atoms in total. The first kappa shape index (κ1) is 11.1. The molecular weight excluding hydrogens is 212 g/mol. The Hall–Kier alpha value is -1.39. The number of rotatable bonds is 3. The molecule has 0 aromatic carbocycles. The van der Waals surface area contributed by atoms with Crippen molar-refractivity contribution in [1.29, 1.82) is 0 Å². The SMILES string of the molecule is CNc1nc(NC2CCCC2)c(F)cc1F. The third-order valence-corrected chi connectivity index (χ3v) is 2.86. The number of pyridine rings is 1. The standard InChI is InChI=1S/C11H15F2N3/c1-14-10-8(12)6-9(13)11(16-10)15-7-4-2-3-5-7/h6-7H,2-5H2,1H3,(H2,14,15,16). The highest BCUT2D eigenvalue weighted by atomic mass is 19.1. The number of nitrogens with one attached hydrogen (secondary N) is 2. The Labute approximate surface area is 93.3 Å². The summed E-state index contributed by atoms with van der Waals surface area (Å²) in [5, 5.41) is 5.61. The number of hydrogen-bond acceptors (Lipinski definition) is 3. The van der Waals surface area contributed by atoms with Crippen LogP contribution in [0.1, 0.15) is 25.7 Å². The lowest BCUT2D eigenvalue weighted by Crippen LogP contribution is -2.17. The van der Waals surface area contributed by atoms with E-state index < -0.39 is 11.6 Å². The number of aromatic nitrogens is 1. The second-order valence-corrected chi connectivity index (χ2v) is 4.02. The van der Waals surface area contributed by atoms with Crippen LogP contribution < -0.4 is 10.6 Å². The third kappa shape index (κ3) is 2.23. The van der Waals surface area contributed by atoms with Crippen molar-refractivity contribution >= 4 is 11.6 Å². The lowest BCUT2D eigenvalue weighted by atomic mass is 10.2. The molecule has 0 saturated heterocycles. The first-order chi connectivity index (χ1) is 7.70. The molecule has 1 aromatic rings. The van der Waals surface area contributed by atoms with Crippen LogP contribution >= 0.6 is 0 Å².